The highest BCUT2D eigenvalue weighted by molar-refractivity contribution is 5.91. The van der Waals surface area contributed by atoms with Gasteiger partial charge in [0.1, 0.15) is 6.04 Å². The SMILES string of the molecule is CN(C)C(=N)N=C(N)N.N#C[C@H]1CCCN1C(=O)CNC12CC3CC(CC(O)(C3)C1)C2. The molecule has 0 radical (unpaired) electrons. The van der Waals surface area contributed by atoms with Crippen LogP contribution in [0.25, 0.3) is 0 Å². The van der Waals surface area contributed by atoms with Gasteiger partial charge in [0.2, 0.25) is 11.9 Å². The van der Waals surface area contributed by atoms with Gasteiger partial charge in [-0.05, 0) is 63.2 Å². The Hall–Kier alpha value is -2.38. The number of nitriles is 1. The van der Waals surface area contributed by atoms with E-state index in [4.69, 9.17) is 22.1 Å². The average Bonchev–Trinajstić information content (AvgIpc) is 3.13. The molecule has 172 valence electrons. The summed E-state index contributed by atoms with van der Waals surface area (Å²) < 4.78 is 0. The van der Waals surface area contributed by atoms with Crippen LogP contribution in [0.4, 0.5) is 0 Å². The van der Waals surface area contributed by atoms with Crippen LogP contribution in [0.1, 0.15) is 51.4 Å². The van der Waals surface area contributed by atoms with E-state index in [0.717, 1.165) is 44.9 Å². The van der Waals surface area contributed by atoms with Crippen molar-refractivity contribution in [1.82, 2.24) is 15.1 Å². The zero-order chi connectivity index (χ0) is 22.8. The molecule has 5 aliphatic rings. The van der Waals surface area contributed by atoms with E-state index in [-0.39, 0.29) is 29.4 Å². The van der Waals surface area contributed by atoms with Crippen molar-refractivity contribution >= 4 is 17.8 Å². The van der Waals surface area contributed by atoms with Crippen LogP contribution in [-0.2, 0) is 4.79 Å². The molecule has 4 aliphatic carbocycles. The van der Waals surface area contributed by atoms with E-state index in [1.807, 2.05) is 0 Å². The molecule has 10 nitrogen and oxygen atoms in total. The molecular formula is C21H36N8O2. The second-order valence-corrected chi connectivity index (χ2v) is 9.95. The molecule has 1 saturated heterocycles. The first kappa shape index (κ1) is 23.3. The van der Waals surface area contributed by atoms with Gasteiger partial charge < -0.3 is 31.7 Å². The number of hydrogen-bond donors (Lipinski definition) is 5. The summed E-state index contributed by atoms with van der Waals surface area (Å²) in [6, 6.07) is 1.99. The molecule has 7 N–H and O–H groups in total. The maximum Gasteiger partial charge on any atom is 0.237 e. The topological polar surface area (TPSA) is 168 Å². The minimum atomic E-state index is -0.497. The van der Waals surface area contributed by atoms with E-state index in [0.29, 0.717) is 24.9 Å². The van der Waals surface area contributed by atoms with Crippen LogP contribution in [0.3, 0.4) is 0 Å². The summed E-state index contributed by atoms with van der Waals surface area (Å²) in [7, 11) is 3.38. The molecule has 31 heavy (non-hydrogen) atoms. The van der Waals surface area contributed by atoms with E-state index in [1.165, 1.54) is 11.3 Å². The number of rotatable bonds is 3. The minimum Gasteiger partial charge on any atom is -0.390 e. The fourth-order valence-corrected chi connectivity index (χ4v) is 6.21. The average molecular weight is 433 g/mol. The van der Waals surface area contributed by atoms with Crippen molar-refractivity contribution in [3.8, 4) is 6.07 Å². The van der Waals surface area contributed by atoms with E-state index in [9.17, 15) is 9.90 Å². The zero-order valence-electron chi connectivity index (χ0n) is 18.6. The van der Waals surface area contributed by atoms with Crippen molar-refractivity contribution in [2.24, 2.45) is 28.3 Å². The number of hydrogen-bond acceptors (Lipinski definition) is 5. The summed E-state index contributed by atoms with van der Waals surface area (Å²) in [5, 5.41) is 30.4. The summed E-state index contributed by atoms with van der Waals surface area (Å²) in [6.07, 6.45) is 7.87. The zero-order valence-corrected chi connectivity index (χ0v) is 18.6. The van der Waals surface area contributed by atoms with E-state index < -0.39 is 5.60 Å². The predicted molar refractivity (Wildman–Crippen MR) is 118 cm³/mol. The minimum absolute atomic E-state index is 0.0453. The van der Waals surface area contributed by atoms with Gasteiger partial charge in [-0.15, -0.1) is 0 Å². The first-order valence-electron chi connectivity index (χ1n) is 11.1. The molecular weight excluding hydrogens is 396 g/mol. The molecule has 5 rings (SSSR count). The van der Waals surface area contributed by atoms with Crippen LogP contribution in [-0.4, -0.2) is 77.1 Å². The fraction of sp³-hybridized carbons (Fsp3) is 0.810. The number of carbonyl (C=O) groups is 1. The first-order chi connectivity index (χ1) is 14.5. The van der Waals surface area contributed by atoms with Gasteiger partial charge in [-0.3, -0.25) is 10.2 Å². The van der Waals surface area contributed by atoms with Gasteiger partial charge in [-0.2, -0.15) is 10.3 Å². The Kier molecular flexibility index (Phi) is 6.76. The number of nitrogens with one attached hydrogen (secondary N) is 2. The highest BCUT2D eigenvalue weighted by atomic mass is 16.3. The summed E-state index contributed by atoms with van der Waals surface area (Å²) in [4.78, 5) is 19.1. The lowest BCUT2D eigenvalue weighted by Gasteiger charge is -2.60. The molecule has 0 aromatic carbocycles. The van der Waals surface area contributed by atoms with Crippen molar-refractivity contribution in [3.05, 3.63) is 0 Å². The smallest absolute Gasteiger partial charge is 0.237 e. The number of nitrogens with zero attached hydrogens (tertiary/aromatic N) is 4. The van der Waals surface area contributed by atoms with Crippen LogP contribution < -0.4 is 16.8 Å². The Morgan fingerprint density at radius 2 is 1.97 bits per heavy atom. The lowest BCUT2D eigenvalue weighted by molar-refractivity contribution is -0.147. The highest BCUT2D eigenvalue weighted by Crippen LogP contribution is 2.57. The van der Waals surface area contributed by atoms with Crippen LogP contribution in [0.5, 0.6) is 0 Å². The van der Waals surface area contributed by atoms with Crippen LogP contribution in [0.2, 0.25) is 0 Å². The van der Waals surface area contributed by atoms with Gasteiger partial charge in [0, 0.05) is 26.2 Å². The standard InChI is InChI=1S/C17H25N3O2.C4H11N5/c18-9-14-2-1-3-20(14)15(21)10-19-16-5-12-4-13(6-16)8-17(22,7-12)11-16;1-9(2)4(7)8-3(5)6/h12-14,19,22H,1-8,10-11H2;1-2H3,(H5,5,6,7,8)/t12?,13?,14-,16?,17?;/m1./s1. The number of amides is 1. The van der Waals surface area contributed by atoms with Gasteiger partial charge in [0.05, 0.1) is 18.2 Å². The molecule has 4 saturated carbocycles. The number of guanidine groups is 2. The third-order valence-corrected chi connectivity index (χ3v) is 7.03. The molecule has 1 aliphatic heterocycles. The normalized spacial score (nSPS) is 35.0. The van der Waals surface area contributed by atoms with Gasteiger partial charge in [0.15, 0.2) is 5.96 Å². The van der Waals surface area contributed by atoms with Crippen molar-refractivity contribution in [2.75, 3.05) is 27.2 Å². The molecule has 1 heterocycles. The maximum absolute atomic E-state index is 12.4. The fourth-order valence-electron chi connectivity index (χ4n) is 6.21. The Labute approximate surface area is 184 Å². The number of aliphatic imine (C=N–C) groups is 1. The second kappa shape index (κ2) is 9.01. The van der Waals surface area contributed by atoms with Crippen LogP contribution in [0.15, 0.2) is 4.99 Å². The largest absolute Gasteiger partial charge is 0.390 e. The lowest BCUT2D eigenvalue weighted by Crippen LogP contribution is -2.65. The van der Waals surface area contributed by atoms with E-state index in [1.54, 1.807) is 19.0 Å². The van der Waals surface area contributed by atoms with Gasteiger partial charge >= 0.3 is 0 Å². The van der Waals surface area contributed by atoms with Crippen LogP contribution >= 0.6 is 0 Å². The summed E-state index contributed by atoms with van der Waals surface area (Å²) >= 11 is 0. The van der Waals surface area contributed by atoms with Crippen molar-refractivity contribution in [3.63, 3.8) is 0 Å². The summed E-state index contributed by atoms with van der Waals surface area (Å²) in [6.45, 7) is 1.02. The number of nitrogens with two attached hydrogens (primary N) is 2. The molecule has 4 bridgehead atoms. The number of carbonyl (C=O) groups excluding carboxylic acids is 1. The summed E-state index contributed by atoms with van der Waals surface area (Å²) in [5.74, 6) is 1.25. The summed E-state index contributed by atoms with van der Waals surface area (Å²) in [5.41, 5.74) is 9.44. The van der Waals surface area contributed by atoms with Gasteiger partial charge in [-0.1, -0.05) is 0 Å². The molecule has 0 spiro atoms. The lowest BCUT2D eigenvalue weighted by atomic mass is 9.51. The van der Waals surface area contributed by atoms with Crippen molar-refractivity contribution in [1.29, 1.82) is 10.7 Å². The Morgan fingerprint density at radius 1 is 1.32 bits per heavy atom. The van der Waals surface area contributed by atoms with Gasteiger partial charge in [-0.25, -0.2) is 0 Å². The third kappa shape index (κ3) is 5.46. The number of likely N-dealkylation sites (tertiary alicyclic amines) is 1. The molecule has 0 aromatic rings. The van der Waals surface area contributed by atoms with Gasteiger partial charge in [0.25, 0.3) is 0 Å². The first-order valence-corrected chi connectivity index (χ1v) is 11.1. The highest BCUT2D eigenvalue weighted by Gasteiger charge is 2.57. The molecule has 1 amide bonds. The van der Waals surface area contributed by atoms with E-state index in [2.05, 4.69) is 16.4 Å². The van der Waals surface area contributed by atoms with Crippen molar-refractivity contribution < 1.29 is 9.90 Å². The Balaban J connectivity index is 0.000000259. The van der Waals surface area contributed by atoms with E-state index >= 15 is 0 Å². The van der Waals surface area contributed by atoms with Crippen molar-refractivity contribution in [2.45, 2.75) is 68.5 Å². The third-order valence-electron chi connectivity index (χ3n) is 7.03. The Bertz CT molecular complexity index is 756. The molecule has 0 aromatic heterocycles. The molecule has 3 atom stereocenters. The monoisotopic (exact) mass is 432 g/mol. The second-order valence-electron chi connectivity index (χ2n) is 9.95. The molecule has 10 heteroatoms. The maximum atomic E-state index is 12.4. The number of aliphatic hydroxyl groups is 1. The predicted octanol–water partition coefficient (Wildman–Crippen LogP) is -0.0695. The Morgan fingerprint density at radius 3 is 2.45 bits per heavy atom. The molecule has 5 fully saturated rings. The quantitative estimate of drug-likeness (QED) is 0.307. The van der Waals surface area contributed by atoms with Crippen LogP contribution in [0, 0.1) is 28.6 Å². The molecule has 2 unspecified atom stereocenters.